The van der Waals surface area contributed by atoms with E-state index in [-0.39, 0.29) is 5.78 Å². The summed E-state index contributed by atoms with van der Waals surface area (Å²) in [4.78, 5) is 19.2. The molecule has 1 aliphatic rings. The van der Waals surface area contributed by atoms with Gasteiger partial charge in [0.1, 0.15) is 0 Å². The van der Waals surface area contributed by atoms with Gasteiger partial charge < -0.3 is 4.90 Å². The van der Waals surface area contributed by atoms with E-state index in [9.17, 15) is 4.79 Å². The van der Waals surface area contributed by atoms with Crippen molar-refractivity contribution in [3.8, 4) is 0 Å². The van der Waals surface area contributed by atoms with Crippen LogP contribution in [0.1, 0.15) is 22.5 Å². The van der Waals surface area contributed by atoms with Crippen LogP contribution in [0, 0.1) is 0 Å². The van der Waals surface area contributed by atoms with Crippen LogP contribution in [-0.4, -0.2) is 41.7 Å². The predicted molar refractivity (Wildman–Crippen MR) is 75.3 cm³/mol. The molecule has 0 amide bonds. The van der Waals surface area contributed by atoms with Crippen LogP contribution in [0.5, 0.6) is 0 Å². The normalized spacial score (nSPS) is 15.1. The maximum absolute atomic E-state index is 11.7. The molecule has 1 aromatic heterocycles. The van der Waals surface area contributed by atoms with Crippen molar-refractivity contribution in [2.45, 2.75) is 12.8 Å². The van der Waals surface area contributed by atoms with Crippen molar-refractivity contribution in [3.05, 3.63) is 22.4 Å². The number of thioether (sulfide) groups is 1. The Labute approximate surface area is 110 Å². The maximum atomic E-state index is 11.7. The molecule has 3 nitrogen and oxygen atoms in total. The van der Waals surface area contributed by atoms with E-state index >= 15 is 0 Å². The van der Waals surface area contributed by atoms with Crippen molar-refractivity contribution >= 4 is 34.0 Å². The zero-order valence-electron chi connectivity index (χ0n) is 9.89. The fourth-order valence-electron chi connectivity index (χ4n) is 1.62. The molecule has 17 heavy (non-hydrogen) atoms. The summed E-state index contributed by atoms with van der Waals surface area (Å²) in [6.07, 6.45) is 1.57. The molecule has 0 atom stereocenters. The van der Waals surface area contributed by atoms with Crippen LogP contribution in [0.4, 0.5) is 0 Å². The fourth-order valence-corrected chi connectivity index (χ4v) is 3.28. The zero-order chi connectivity index (χ0) is 12.1. The minimum Gasteiger partial charge on any atom is -0.353 e. The summed E-state index contributed by atoms with van der Waals surface area (Å²) in [6.45, 7) is 1.93. The quantitative estimate of drug-likeness (QED) is 0.608. The lowest BCUT2D eigenvalue weighted by Gasteiger charge is -2.12. The lowest BCUT2D eigenvalue weighted by molar-refractivity contribution is 0.0986. The van der Waals surface area contributed by atoms with Gasteiger partial charge in [-0.15, -0.1) is 11.3 Å². The van der Waals surface area contributed by atoms with Crippen LogP contribution in [0.15, 0.2) is 22.5 Å². The van der Waals surface area contributed by atoms with Crippen LogP contribution < -0.4 is 0 Å². The third-order valence-electron chi connectivity index (χ3n) is 2.58. The van der Waals surface area contributed by atoms with E-state index in [1.165, 1.54) is 11.3 Å². The summed E-state index contributed by atoms with van der Waals surface area (Å²) in [5.41, 5.74) is 0. The molecular formula is C12H16N2OS2. The van der Waals surface area contributed by atoms with E-state index in [1.54, 1.807) is 11.8 Å². The van der Waals surface area contributed by atoms with Crippen molar-refractivity contribution < 1.29 is 4.79 Å². The van der Waals surface area contributed by atoms with E-state index in [4.69, 9.17) is 0 Å². The average molecular weight is 268 g/mol. The SMILES string of the molecule is CN1CCN=C1SCCCC(=O)c1cccs1. The third-order valence-corrected chi connectivity index (χ3v) is 4.69. The van der Waals surface area contributed by atoms with Gasteiger partial charge in [-0.3, -0.25) is 9.79 Å². The summed E-state index contributed by atoms with van der Waals surface area (Å²) >= 11 is 3.28. The molecule has 0 spiro atoms. The van der Waals surface area contributed by atoms with Gasteiger partial charge in [-0.05, 0) is 17.9 Å². The first-order valence-electron chi connectivity index (χ1n) is 5.72. The number of amidine groups is 1. The molecule has 0 radical (unpaired) electrons. The number of likely N-dealkylation sites (N-methyl/N-ethyl adjacent to an activating group) is 1. The molecule has 2 heterocycles. The van der Waals surface area contributed by atoms with Gasteiger partial charge in [-0.2, -0.15) is 0 Å². The van der Waals surface area contributed by atoms with E-state index < -0.39 is 0 Å². The standard InChI is InChI=1S/C12H16N2OS2/c1-14-7-6-13-12(14)17-9-2-4-10(15)11-5-3-8-16-11/h3,5,8H,2,4,6-7,9H2,1H3. The number of carbonyl (C=O) groups excluding carboxylic acids is 1. The van der Waals surface area contributed by atoms with Crippen LogP contribution in [0.25, 0.3) is 0 Å². The van der Waals surface area contributed by atoms with Crippen molar-refractivity contribution in [1.29, 1.82) is 0 Å². The second-order valence-corrected chi connectivity index (χ2v) is 5.95. The summed E-state index contributed by atoms with van der Waals surface area (Å²) in [6, 6.07) is 3.82. The van der Waals surface area contributed by atoms with Crippen LogP contribution in [0.2, 0.25) is 0 Å². The number of hydrogen-bond donors (Lipinski definition) is 0. The van der Waals surface area contributed by atoms with Crippen LogP contribution in [0.3, 0.4) is 0 Å². The van der Waals surface area contributed by atoms with E-state index in [1.807, 2.05) is 17.5 Å². The number of carbonyl (C=O) groups is 1. The molecule has 0 N–H and O–H groups in total. The first-order chi connectivity index (χ1) is 8.27. The zero-order valence-corrected chi connectivity index (χ0v) is 11.5. The molecule has 0 unspecified atom stereocenters. The van der Waals surface area contributed by atoms with E-state index in [0.717, 1.165) is 35.3 Å². The summed E-state index contributed by atoms with van der Waals surface area (Å²) in [7, 11) is 2.07. The van der Waals surface area contributed by atoms with Crippen molar-refractivity contribution in [3.63, 3.8) is 0 Å². The van der Waals surface area contributed by atoms with Gasteiger partial charge in [0.2, 0.25) is 0 Å². The van der Waals surface area contributed by atoms with Gasteiger partial charge in [0.05, 0.1) is 11.4 Å². The second kappa shape index (κ2) is 6.21. The molecule has 0 aliphatic carbocycles. The molecule has 0 fully saturated rings. The lowest BCUT2D eigenvalue weighted by atomic mass is 10.2. The minimum atomic E-state index is 0.266. The van der Waals surface area contributed by atoms with Crippen LogP contribution >= 0.6 is 23.1 Å². The molecule has 5 heteroatoms. The summed E-state index contributed by atoms with van der Waals surface area (Å²) in [5.74, 6) is 1.24. The molecule has 92 valence electrons. The number of nitrogens with zero attached hydrogens (tertiary/aromatic N) is 2. The van der Waals surface area contributed by atoms with Crippen molar-refractivity contribution in [2.75, 3.05) is 25.9 Å². The Bertz CT molecular complexity index is 401. The Morgan fingerprint density at radius 2 is 2.53 bits per heavy atom. The number of ketones is 1. The summed E-state index contributed by atoms with van der Waals surface area (Å²) in [5, 5.41) is 3.07. The largest absolute Gasteiger partial charge is 0.353 e. The maximum Gasteiger partial charge on any atom is 0.172 e. The summed E-state index contributed by atoms with van der Waals surface area (Å²) < 4.78 is 0. The van der Waals surface area contributed by atoms with E-state index in [0.29, 0.717) is 6.42 Å². The molecule has 1 aliphatic heterocycles. The minimum absolute atomic E-state index is 0.266. The highest BCUT2D eigenvalue weighted by Crippen LogP contribution is 2.16. The van der Waals surface area contributed by atoms with Crippen molar-refractivity contribution in [2.24, 2.45) is 4.99 Å². The fraction of sp³-hybridized carbons (Fsp3) is 0.500. The van der Waals surface area contributed by atoms with Crippen LogP contribution in [-0.2, 0) is 0 Å². The van der Waals surface area contributed by atoms with Gasteiger partial charge in [-0.1, -0.05) is 17.8 Å². The topological polar surface area (TPSA) is 32.7 Å². The van der Waals surface area contributed by atoms with E-state index in [2.05, 4.69) is 16.9 Å². The van der Waals surface area contributed by atoms with Gasteiger partial charge in [0.15, 0.2) is 11.0 Å². The number of aliphatic imine (C=N–C) groups is 1. The Morgan fingerprint density at radius 1 is 1.65 bits per heavy atom. The molecule has 0 aromatic carbocycles. The predicted octanol–water partition coefficient (Wildman–Crippen LogP) is 2.75. The highest BCUT2D eigenvalue weighted by Gasteiger charge is 2.13. The molecule has 0 bridgehead atoms. The lowest BCUT2D eigenvalue weighted by Crippen LogP contribution is -2.20. The Balaban J connectivity index is 1.65. The molecule has 0 saturated heterocycles. The Kier molecular flexibility index (Phi) is 4.62. The molecule has 2 rings (SSSR count). The third kappa shape index (κ3) is 3.57. The first kappa shape index (κ1) is 12.6. The smallest absolute Gasteiger partial charge is 0.172 e. The Hall–Kier alpha value is -0.810. The van der Waals surface area contributed by atoms with Crippen molar-refractivity contribution in [1.82, 2.24) is 4.90 Å². The highest BCUT2D eigenvalue weighted by molar-refractivity contribution is 8.13. The number of thiophene rings is 1. The monoisotopic (exact) mass is 268 g/mol. The Morgan fingerprint density at radius 3 is 3.18 bits per heavy atom. The van der Waals surface area contributed by atoms with Gasteiger partial charge in [0.25, 0.3) is 0 Å². The number of hydrogen-bond acceptors (Lipinski definition) is 5. The first-order valence-corrected chi connectivity index (χ1v) is 7.59. The van der Waals surface area contributed by atoms with Gasteiger partial charge >= 0.3 is 0 Å². The average Bonchev–Trinajstić information content (AvgIpc) is 2.96. The molecular weight excluding hydrogens is 252 g/mol. The number of Topliss-reactive ketones (excluding diaryl/α,β-unsaturated/α-hetero) is 1. The van der Waals surface area contributed by atoms with Gasteiger partial charge in [-0.25, -0.2) is 0 Å². The number of rotatable bonds is 5. The highest BCUT2D eigenvalue weighted by atomic mass is 32.2. The van der Waals surface area contributed by atoms with Gasteiger partial charge in [0, 0.05) is 25.8 Å². The molecule has 1 aromatic rings. The second-order valence-electron chi connectivity index (χ2n) is 3.94. The molecule has 0 saturated carbocycles.